The van der Waals surface area contributed by atoms with E-state index in [-0.39, 0.29) is 30.6 Å². The predicted octanol–water partition coefficient (Wildman–Crippen LogP) is 3.28. The van der Waals surface area contributed by atoms with E-state index in [4.69, 9.17) is 0 Å². The molecular formula is C19H21FN2O2. The summed E-state index contributed by atoms with van der Waals surface area (Å²) in [7, 11) is 1.72. The molecule has 2 rings (SSSR count). The molecule has 5 heteroatoms. The van der Waals surface area contributed by atoms with Gasteiger partial charge in [0.25, 0.3) is 0 Å². The van der Waals surface area contributed by atoms with Gasteiger partial charge in [0.15, 0.2) is 0 Å². The lowest BCUT2D eigenvalue weighted by atomic mass is 10.2. The number of halogens is 1. The standard InChI is InChI=1S/C19H21FN2O2/c1-22(16-9-3-2-4-10-16)19(24)13-7-12-18(23)21-14-15-8-5-6-11-17(15)20/h2-6,8-11H,7,12-14H2,1H3,(H,21,23). The molecule has 0 aliphatic heterocycles. The first-order valence-electron chi connectivity index (χ1n) is 7.89. The Morgan fingerprint density at radius 2 is 1.67 bits per heavy atom. The fraction of sp³-hybridized carbons (Fsp3) is 0.263. The maximum atomic E-state index is 13.4. The van der Waals surface area contributed by atoms with E-state index in [1.165, 1.54) is 6.07 Å². The van der Waals surface area contributed by atoms with Crippen molar-refractivity contribution in [2.24, 2.45) is 0 Å². The maximum Gasteiger partial charge on any atom is 0.226 e. The Morgan fingerprint density at radius 1 is 1.00 bits per heavy atom. The molecule has 2 aromatic carbocycles. The molecule has 1 N–H and O–H groups in total. The number of hydrogen-bond acceptors (Lipinski definition) is 2. The molecule has 0 heterocycles. The van der Waals surface area contributed by atoms with Crippen molar-refractivity contribution in [2.75, 3.05) is 11.9 Å². The minimum absolute atomic E-state index is 0.0388. The summed E-state index contributed by atoms with van der Waals surface area (Å²) in [6, 6.07) is 15.7. The van der Waals surface area contributed by atoms with Crippen LogP contribution >= 0.6 is 0 Å². The zero-order chi connectivity index (χ0) is 17.4. The van der Waals surface area contributed by atoms with Crippen molar-refractivity contribution in [2.45, 2.75) is 25.8 Å². The Hall–Kier alpha value is -2.69. The van der Waals surface area contributed by atoms with Crippen LogP contribution in [0.2, 0.25) is 0 Å². The van der Waals surface area contributed by atoms with Crippen LogP contribution in [0.25, 0.3) is 0 Å². The van der Waals surface area contributed by atoms with Crippen molar-refractivity contribution >= 4 is 17.5 Å². The summed E-state index contributed by atoms with van der Waals surface area (Å²) in [5, 5.41) is 2.67. The predicted molar refractivity (Wildman–Crippen MR) is 91.9 cm³/mol. The molecule has 0 saturated carbocycles. The van der Waals surface area contributed by atoms with E-state index in [1.807, 2.05) is 30.3 Å². The first kappa shape index (κ1) is 17.7. The molecule has 4 nitrogen and oxygen atoms in total. The van der Waals surface area contributed by atoms with Crippen molar-refractivity contribution in [1.29, 1.82) is 0 Å². The molecule has 0 fully saturated rings. The number of anilines is 1. The smallest absolute Gasteiger partial charge is 0.226 e. The third-order valence-corrected chi connectivity index (χ3v) is 3.75. The number of amides is 2. The maximum absolute atomic E-state index is 13.4. The Kier molecular flexibility index (Phi) is 6.49. The molecule has 0 unspecified atom stereocenters. The fourth-order valence-electron chi connectivity index (χ4n) is 2.29. The minimum Gasteiger partial charge on any atom is -0.352 e. The van der Waals surface area contributed by atoms with E-state index < -0.39 is 0 Å². The number of nitrogens with zero attached hydrogens (tertiary/aromatic N) is 1. The summed E-state index contributed by atoms with van der Waals surface area (Å²) in [4.78, 5) is 25.5. The molecule has 2 amide bonds. The van der Waals surface area contributed by atoms with Crippen LogP contribution in [-0.2, 0) is 16.1 Å². The van der Waals surface area contributed by atoms with E-state index in [1.54, 1.807) is 30.1 Å². The van der Waals surface area contributed by atoms with Gasteiger partial charge in [0.05, 0.1) is 0 Å². The molecule has 0 spiro atoms. The summed E-state index contributed by atoms with van der Waals surface area (Å²) in [6.45, 7) is 0.156. The average Bonchev–Trinajstić information content (AvgIpc) is 2.61. The van der Waals surface area contributed by atoms with Crippen molar-refractivity contribution in [3.05, 3.63) is 66.0 Å². The zero-order valence-electron chi connectivity index (χ0n) is 13.7. The van der Waals surface area contributed by atoms with Crippen LogP contribution in [0.1, 0.15) is 24.8 Å². The highest BCUT2D eigenvalue weighted by atomic mass is 19.1. The Morgan fingerprint density at radius 3 is 2.38 bits per heavy atom. The Balaban J connectivity index is 1.71. The highest BCUT2D eigenvalue weighted by Crippen LogP contribution is 2.13. The topological polar surface area (TPSA) is 49.4 Å². The molecule has 0 aromatic heterocycles. The molecule has 24 heavy (non-hydrogen) atoms. The van der Waals surface area contributed by atoms with E-state index in [9.17, 15) is 14.0 Å². The van der Waals surface area contributed by atoms with E-state index >= 15 is 0 Å². The Labute approximate surface area is 141 Å². The lowest BCUT2D eigenvalue weighted by Crippen LogP contribution is -2.27. The lowest BCUT2D eigenvalue weighted by Gasteiger charge is -2.17. The number of hydrogen-bond donors (Lipinski definition) is 1. The van der Waals surface area contributed by atoms with Crippen LogP contribution in [0, 0.1) is 5.82 Å². The SMILES string of the molecule is CN(C(=O)CCCC(=O)NCc1ccccc1F)c1ccccc1. The van der Waals surface area contributed by atoms with Gasteiger partial charge in [-0.3, -0.25) is 9.59 Å². The second-order valence-corrected chi connectivity index (χ2v) is 5.51. The van der Waals surface area contributed by atoms with E-state index in [2.05, 4.69) is 5.32 Å². The van der Waals surface area contributed by atoms with Crippen LogP contribution in [0.15, 0.2) is 54.6 Å². The quantitative estimate of drug-likeness (QED) is 0.848. The van der Waals surface area contributed by atoms with Gasteiger partial charge in [-0.2, -0.15) is 0 Å². The number of benzene rings is 2. The molecule has 126 valence electrons. The minimum atomic E-state index is -0.336. The highest BCUT2D eigenvalue weighted by molar-refractivity contribution is 5.92. The average molecular weight is 328 g/mol. The van der Waals surface area contributed by atoms with Gasteiger partial charge in [0, 0.05) is 37.7 Å². The van der Waals surface area contributed by atoms with Crippen molar-refractivity contribution in [3.8, 4) is 0 Å². The van der Waals surface area contributed by atoms with E-state index in [0.717, 1.165) is 5.69 Å². The van der Waals surface area contributed by atoms with Gasteiger partial charge in [-0.1, -0.05) is 36.4 Å². The molecule has 0 atom stereocenters. The first-order valence-corrected chi connectivity index (χ1v) is 7.89. The largest absolute Gasteiger partial charge is 0.352 e. The Bertz CT molecular complexity index is 689. The summed E-state index contributed by atoms with van der Waals surface area (Å²) >= 11 is 0. The molecule has 0 saturated heterocycles. The summed E-state index contributed by atoms with van der Waals surface area (Å²) in [6.07, 6.45) is 0.987. The van der Waals surface area contributed by atoms with Gasteiger partial charge in [-0.15, -0.1) is 0 Å². The van der Waals surface area contributed by atoms with Gasteiger partial charge in [0.1, 0.15) is 5.82 Å². The molecule has 0 radical (unpaired) electrons. The van der Waals surface area contributed by atoms with Crippen molar-refractivity contribution in [3.63, 3.8) is 0 Å². The van der Waals surface area contributed by atoms with Gasteiger partial charge in [-0.25, -0.2) is 4.39 Å². The lowest BCUT2D eigenvalue weighted by molar-refractivity contribution is -0.121. The number of carbonyl (C=O) groups excluding carboxylic acids is 2. The number of carbonyl (C=O) groups is 2. The number of nitrogens with one attached hydrogen (secondary N) is 1. The molecule has 0 aliphatic carbocycles. The second-order valence-electron chi connectivity index (χ2n) is 5.51. The highest BCUT2D eigenvalue weighted by Gasteiger charge is 2.11. The van der Waals surface area contributed by atoms with Crippen LogP contribution in [0.5, 0.6) is 0 Å². The van der Waals surface area contributed by atoms with Crippen LogP contribution in [-0.4, -0.2) is 18.9 Å². The number of para-hydroxylation sites is 1. The van der Waals surface area contributed by atoms with Gasteiger partial charge in [-0.05, 0) is 24.6 Å². The first-order chi connectivity index (χ1) is 11.6. The van der Waals surface area contributed by atoms with Crippen molar-refractivity contribution in [1.82, 2.24) is 5.32 Å². The van der Waals surface area contributed by atoms with Crippen molar-refractivity contribution < 1.29 is 14.0 Å². The fourth-order valence-corrected chi connectivity index (χ4v) is 2.29. The van der Waals surface area contributed by atoms with Gasteiger partial charge >= 0.3 is 0 Å². The second kappa shape index (κ2) is 8.82. The van der Waals surface area contributed by atoms with Crippen LogP contribution in [0.3, 0.4) is 0 Å². The van der Waals surface area contributed by atoms with Crippen LogP contribution in [0.4, 0.5) is 10.1 Å². The summed E-state index contributed by atoms with van der Waals surface area (Å²) in [5.74, 6) is -0.561. The van der Waals surface area contributed by atoms with Crippen LogP contribution < -0.4 is 10.2 Å². The summed E-state index contributed by atoms with van der Waals surface area (Å²) in [5.41, 5.74) is 1.28. The molecule has 2 aromatic rings. The van der Waals surface area contributed by atoms with E-state index in [0.29, 0.717) is 18.4 Å². The molecular weight excluding hydrogens is 307 g/mol. The number of rotatable bonds is 7. The third kappa shape index (κ3) is 5.19. The molecule has 0 bridgehead atoms. The zero-order valence-corrected chi connectivity index (χ0v) is 13.7. The van der Waals surface area contributed by atoms with Gasteiger partial charge in [0.2, 0.25) is 11.8 Å². The normalized spacial score (nSPS) is 10.2. The van der Waals surface area contributed by atoms with Gasteiger partial charge < -0.3 is 10.2 Å². The third-order valence-electron chi connectivity index (χ3n) is 3.75. The molecule has 0 aliphatic rings. The monoisotopic (exact) mass is 328 g/mol. The summed E-state index contributed by atoms with van der Waals surface area (Å²) < 4.78 is 13.4.